The Bertz CT molecular complexity index is 1280. The third-order valence-corrected chi connectivity index (χ3v) is 6.68. The first-order valence-corrected chi connectivity index (χ1v) is 11.3. The number of nitrogens with one attached hydrogen (secondary N) is 2. The van der Waals surface area contributed by atoms with E-state index in [9.17, 15) is 18.4 Å². The second-order valence-corrected chi connectivity index (χ2v) is 9.24. The number of aromatic nitrogens is 3. The van der Waals surface area contributed by atoms with Crippen LogP contribution in [0.4, 0.5) is 8.78 Å². The predicted octanol–water partition coefficient (Wildman–Crippen LogP) is 3.25. The molecular formula is C24H27F2N5O2. The third kappa shape index (κ3) is 4.29. The lowest BCUT2D eigenvalue weighted by molar-refractivity contribution is 0.0913. The number of rotatable bonds is 6. The van der Waals surface area contributed by atoms with Gasteiger partial charge in [-0.25, -0.2) is 13.3 Å². The van der Waals surface area contributed by atoms with Gasteiger partial charge in [-0.15, -0.1) is 0 Å². The first-order valence-electron chi connectivity index (χ1n) is 11.3. The molecule has 2 fully saturated rings. The lowest BCUT2D eigenvalue weighted by Crippen LogP contribution is -2.38. The monoisotopic (exact) mass is 455 g/mol. The molecule has 0 spiro atoms. The van der Waals surface area contributed by atoms with E-state index in [1.807, 2.05) is 32.0 Å². The summed E-state index contributed by atoms with van der Waals surface area (Å²) >= 11 is 0. The number of aryl methyl sites for hydroxylation is 2. The van der Waals surface area contributed by atoms with Crippen molar-refractivity contribution in [1.82, 2.24) is 24.8 Å². The highest BCUT2D eigenvalue weighted by Gasteiger charge is 2.35. The average molecular weight is 456 g/mol. The van der Waals surface area contributed by atoms with E-state index in [0.717, 1.165) is 29.5 Å². The number of benzene rings is 1. The summed E-state index contributed by atoms with van der Waals surface area (Å²) in [6, 6.07) is 5.75. The van der Waals surface area contributed by atoms with Crippen molar-refractivity contribution in [1.29, 1.82) is 0 Å². The molecule has 1 atom stereocenters. The number of hydrogen-bond donors (Lipinski definition) is 2. The molecule has 1 aromatic carbocycles. The van der Waals surface area contributed by atoms with Crippen LogP contribution in [0, 0.1) is 13.8 Å². The number of halogens is 2. The van der Waals surface area contributed by atoms with Gasteiger partial charge in [0.05, 0.1) is 18.4 Å². The van der Waals surface area contributed by atoms with Crippen LogP contribution in [0.25, 0.3) is 16.8 Å². The highest BCUT2D eigenvalue weighted by molar-refractivity contribution is 5.96. The van der Waals surface area contributed by atoms with Crippen molar-refractivity contribution in [2.24, 2.45) is 0 Å². The van der Waals surface area contributed by atoms with Crippen LogP contribution in [-0.2, 0) is 0 Å². The Labute approximate surface area is 189 Å². The Morgan fingerprint density at radius 1 is 1.24 bits per heavy atom. The summed E-state index contributed by atoms with van der Waals surface area (Å²) < 4.78 is 26.9. The highest BCUT2D eigenvalue weighted by atomic mass is 19.3. The second-order valence-electron chi connectivity index (χ2n) is 9.24. The van der Waals surface area contributed by atoms with Crippen molar-refractivity contribution >= 4 is 11.4 Å². The van der Waals surface area contributed by atoms with Crippen LogP contribution in [0.15, 0.2) is 29.2 Å². The minimum atomic E-state index is -2.39. The van der Waals surface area contributed by atoms with Crippen LogP contribution in [-0.4, -0.2) is 57.5 Å². The normalized spacial score (nSPS) is 19.0. The van der Waals surface area contributed by atoms with Crippen molar-refractivity contribution in [2.75, 3.05) is 19.6 Å². The molecule has 0 radical (unpaired) electrons. The average Bonchev–Trinajstić information content (AvgIpc) is 3.38. The van der Waals surface area contributed by atoms with Gasteiger partial charge < -0.3 is 10.3 Å². The molecule has 1 unspecified atom stereocenters. The highest BCUT2D eigenvalue weighted by Crippen LogP contribution is 2.43. The van der Waals surface area contributed by atoms with Crippen molar-refractivity contribution in [2.45, 2.75) is 51.5 Å². The molecule has 1 saturated heterocycles. The van der Waals surface area contributed by atoms with Crippen LogP contribution in [0.2, 0.25) is 0 Å². The van der Waals surface area contributed by atoms with Crippen molar-refractivity contribution in [3.05, 3.63) is 57.1 Å². The Kier molecular flexibility index (Phi) is 5.52. The van der Waals surface area contributed by atoms with E-state index in [1.165, 1.54) is 4.52 Å². The smallest absolute Gasteiger partial charge is 0.274 e. The van der Waals surface area contributed by atoms with E-state index in [0.29, 0.717) is 36.3 Å². The molecule has 0 bridgehead atoms. The van der Waals surface area contributed by atoms with Gasteiger partial charge in [0.15, 0.2) is 5.69 Å². The maximum Gasteiger partial charge on any atom is 0.274 e. The molecule has 33 heavy (non-hydrogen) atoms. The molecular weight excluding hydrogens is 428 g/mol. The van der Waals surface area contributed by atoms with E-state index < -0.39 is 6.43 Å². The number of amides is 1. The van der Waals surface area contributed by atoms with Crippen molar-refractivity contribution in [3.63, 3.8) is 0 Å². The van der Waals surface area contributed by atoms with E-state index in [1.54, 1.807) is 11.1 Å². The summed E-state index contributed by atoms with van der Waals surface area (Å²) in [5.41, 5.74) is 4.85. The molecule has 1 aliphatic carbocycles. The van der Waals surface area contributed by atoms with Gasteiger partial charge in [-0.3, -0.25) is 14.5 Å². The van der Waals surface area contributed by atoms with Crippen LogP contribution in [0.3, 0.4) is 0 Å². The van der Waals surface area contributed by atoms with Gasteiger partial charge in [0, 0.05) is 24.7 Å². The zero-order valence-corrected chi connectivity index (χ0v) is 18.7. The number of aromatic amines is 1. The van der Waals surface area contributed by atoms with Gasteiger partial charge in [-0.1, -0.05) is 12.1 Å². The number of alkyl halides is 2. The molecule has 1 amide bonds. The van der Waals surface area contributed by atoms with Crippen LogP contribution < -0.4 is 10.9 Å². The number of fused-ring (bicyclic) bond motifs is 1. The standard InChI is InChI=1S/C24H27F2N5O2/c1-13-3-4-16(9-14(13)2)18-11-31-22(24(33)28-18)20(15-5-6-15)21(29-31)23(32)27-17-7-8-30(10-17)12-19(25)26/h3-4,9,11,15,17,19H,5-8,10,12H2,1-2H3,(H,27,32)(H,28,33). The fraction of sp³-hybridized carbons (Fsp3) is 0.458. The molecule has 174 valence electrons. The topological polar surface area (TPSA) is 82.5 Å². The first kappa shape index (κ1) is 21.8. The van der Waals surface area contributed by atoms with Gasteiger partial charge in [-0.2, -0.15) is 5.10 Å². The summed E-state index contributed by atoms with van der Waals surface area (Å²) in [7, 11) is 0. The molecule has 1 aliphatic heterocycles. The van der Waals surface area contributed by atoms with Crippen LogP contribution >= 0.6 is 0 Å². The summed E-state index contributed by atoms with van der Waals surface area (Å²) in [6.45, 7) is 4.67. The maximum absolute atomic E-state index is 13.1. The van der Waals surface area contributed by atoms with Crippen LogP contribution in [0.5, 0.6) is 0 Å². The molecule has 3 heterocycles. The zero-order valence-electron chi connectivity index (χ0n) is 18.7. The van der Waals surface area contributed by atoms with E-state index in [-0.39, 0.29) is 35.7 Å². The second kappa shape index (κ2) is 8.37. The first-order chi connectivity index (χ1) is 15.8. The van der Waals surface area contributed by atoms with E-state index in [2.05, 4.69) is 15.4 Å². The zero-order chi connectivity index (χ0) is 23.3. The van der Waals surface area contributed by atoms with Gasteiger partial charge in [0.1, 0.15) is 5.52 Å². The minimum Gasteiger partial charge on any atom is -0.347 e. The quantitative estimate of drug-likeness (QED) is 0.598. The summed E-state index contributed by atoms with van der Waals surface area (Å²) in [5, 5.41) is 7.47. The fourth-order valence-corrected chi connectivity index (χ4v) is 4.65. The van der Waals surface area contributed by atoms with Gasteiger partial charge in [0.25, 0.3) is 17.9 Å². The summed E-state index contributed by atoms with van der Waals surface area (Å²) in [6.07, 6.45) is 1.79. The van der Waals surface area contributed by atoms with Crippen molar-refractivity contribution < 1.29 is 13.6 Å². The molecule has 7 nitrogen and oxygen atoms in total. The number of carbonyl (C=O) groups excluding carboxylic acids is 1. The number of hydrogen-bond acceptors (Lipinski definition) is 4. The molecule has 3 aromatic rings. The molecule has 2 aliphatic rings. The van der Waals surface area contributed by atoms with Gasteiger partial charge in [-0.05, 0) is 61.8 Å². The largest absolute Gasteiger partial charge is 0.347 e. The van der Waals surface area contributed by atoms with Crippen molar-refractivity contribution in [3.8, 4) is 11.3 Å². The Morgan fingerprint density at radius 2 is 2.03 bits per heavy atom. The predicted molar refractivity (Wildman–Crippen MR) is 121 cm³/mol. The lowest BCUT2D eigenvalue weighted by Gasteiger charge is -2.15. The summed E-state index contributed by atoms with van der Waals surface area (Å²) in [4.78, 5) is 30.8. The SMILES string of the molecule is Cc1ccc(-c2cn3nc(C(=O)NC4CCN(CC(F)F)C4)c(C4CC4)c3c(=O)[nH]2)cc1C. The number of nitrogens with zero attached hydrogens (tertiary/aromatic N) is 3. The van der Waals surface area contributed by atoms with Gasteiger partial charge >= 0.3 is 0 Å². The number of H-pyrrole nitrogens is 1. The Morgan fingerprint density at radius 3 is 2.73 bits per heavy atom. The molecule has 1 saturated carbocycles. The lowest BCUT2D eigenvalue weighted by atomic mass is 10.0. The fourth-order valence-electron chi connectivity index (χ4n) is 4.65. The van der Waals surface area contributed by atoms with E-state index in [4.69, 9.17) is 0 Å². The molecule has 9 heteroatoms. The molecule has 2 aromatic heterocycles. The van der Waals surface area contributed by atoms with E-state index >= 15 is 0 Å². The van der Waals surface area contributed by atoms with Gasteiger partial charge in [0.2, 0.25) is 0 Å². The maximum atomic E-state index is 13.1. The van der Waals surface area contributed by atoms with Crippen LogP contribution in [0.1, 0.15) is 52.4 Å². The Balaban J connectivity index is 1.47. The number of likely N-dealkylation sites (tertiary alicyclic amines) is 1. The molecule has 5 rings (SSSR count). The Hall–Kier alpha value is -3.07. The minimum absolute atomic E-state index is 0.135. The number of carbonyl (C=O) groups is 1. The summed E-state index contributed by atoms with van der Waals surface area (Å²) in [5.74, 6) is -0.215. The molecule has 2 N–H and O–H groups in total. The third-order valence-electron chi connectivity index (χ3n) is 6.68.